The Morgan fingerprint density at radius 3 is 2.75 bits per heavy atom. The van der Waals surface area contributed by atoms with E-state index in [1.165, 1.54) is 6.07 Å². The van der Waals surface area contributed by atoms with Crippen LogP contribution < -0.4 is 10.6 Å². The zero-order valence-electron chi connectivity index (χ0n) is 14.2. The Labute approximate surface area is 151 Å². The number of hydrogen-bond donors (Lipinski definition) is 2. The second-order valence-electron chi connectivity index (χ2n) is 5.72. The highest BCUT2D eigenvalue weighted by Gasteiger charge is 2.09. The van der Waals surface area contributed by atoms with E-state index in [0.717, 1.165) is 68.4 Å². The number of nitrogens with zero attached hydrogens (tertiary/aromatic N) is 2. The maximum Gasteiger partial charge on any atom is 0.191 e. The largest absolute Gasteiger partial charge is 0.379 e. The molecule has 1 fully saturated rings. The molecule has 0 spiro atoms. The van der Waals surface area contributed by atoms with Gasteiger partial charge in [0.25, 0.3) is 0 Å². The molecular formula is C17H26BrFN4O. The summed E-state index contributed by atoms with van der Waals surface area (Å²) >= 11 is 3.27. The van der Waals surface area contributed by atoms with Crippen molar-refractivity contribution in [3.63, 3.8) is 0 Å². The number of morpholine rings is 1. The normalized spacial score (nSPS) is 16.2. The number of halogens is 2. The number of hydrogen-bond acceptors (Lipinski definition) is 3. The second kappa shape index (κ2) is 10.6. The van der Waals surface area contributed by atoms with E-state index < -0.39 is 0 Å². The number of nitrogens with one attached hydrogen (secondary N) is 2. The molecule has 1 aliphatic heterocycles. The van der Waals surface area contributed by atoms with Crippen LogP contribution in [0.15, 0.2) is 27.7 Å². The molecule has 0 aliphatic carbocycles. The molecule has 1 aliphatic rings. The first-order valence-corrected chi connectivity index (χ1v) is 9.17. The van der Waals surface area contributed by atoms with Gasteiger partial charge in [0.05, 0.1) is 13.2 Å². The molecule has 0 radical (unpaired) electrons. The summed E-state index contributed by atoms with van der Waals surface area (Å²) in [6.45, 7) is 6.21. The lowest BCUT2D eigenvalue weighted by molar-refractivity contribution is 0.0389. The van der Waals surface area contributed by atoms with E-state index >= 15 is 0 Å². The minimum atomic E-state index is -0.155. The van der Waals surface area contributed by atoms with Gasteiger partial charge in [-0.3, -0.25) is 9.89 Å². The second-order valence-corrected chi connectivity index (χ2v) is 6.63. The van der Waals surface area contributed by atoms with Crippen molar-refractivity contribution in [1.29, 1.82) is 0 Å². The standard InChI is InChI=1S/C17H26BrFN4O/c1-20-17(22-7-8-23-9-11-24-12-10-23)21-6-2-3-14-4-5-15(18)13-16(14)19/h4-5,13H,2-3,6-12H2,1H3,(H2,20,21,22). The summed E-state index contributed by atoms with van der Waals surface area (Å²) in [6.07, 6.45) is 1.56. The predicted octanol–water partition coefficient (Wildman–Crippen LogP) is 2.02. The van der Waals surface area contributed by atoms with Gasteiger partial charge < -0.3 is 15.4 Å². The van der Waals surface area contributed by atoms with Crippen molar-refractivity contribution in [3.8, 4) is 0 Å². The fourth-order valence-electron chi connectivity index (χ4n) is 2.59. The average molecular weight is 401 g/mol. The fourth-order valence-corrected chi connectivity index (χ4v) is 2.92. The Hall–Kier alpha value is -1.18. The Balaban J connectivity index is 1.60. The minimum Gasteiger partial charge on any atom is -0.379 e. The first-order chi connectivity index (χ1) is 11.7. The van der Waals surface area contributed by atoms with E-state index in [0.29, 0.717) is 6.42 Å². The lowest BCUT2D eigenvalue weighted by Crippen LogP contribution is -2.44. The molecule has 0 amide bonds. The van der Waals surface area contributed by atoms with E-state index in [1.807, 2.05) is 12.1 Å². The van der Waals surface area contributed by atoms with Crippen LogP contribution in [0.5, 0.6) is 0 Å². The van der Waals surface area contributed by atoms with E-state index in [4.69, 9.17) is 4.74 Å². The van der Waals surface area contributed by atoms with Crippen molar-refractivity contribution in [2.24, 2.45) is 4.99 Å². The van der Waals surface area contributed by atoms with Gasteiger partial charge in [-0.2, -0.15) is 0 Å². The van der Waals surface area contributed by atoms with Crippen LogP contribution in [0.25, 0.3) is 0 Å². The van der Waals surface area contributed by atoms with E-state index in [9.17, 15) is 4.39 Å². The van der Waals surface area contributed by atoms with Gasteiger partial charge in [0, 0.05) is 44.2 Å². The quantitative estimate of drug-likeness (QED) is 0.417. The monoisotopic (exact) mass is 400 g/mol. The summed E-state index contributed by atoms with van der Waals surface area (Å²) in [5.74, 6) is 0.636. The molecular weight excluding hydrogens is 375 g/mol. The van der Waals surface area contributed by atoms with Gasteiger partial charge >= 0.3 is 0 Å². The van der Waals surface area contributed by atoms with Crippen LogP contribution in [-0.2, 0) is 11.2 Å². The molecule has 1 aromatic carbocycles. The molecule has 2 rings (SSSR count). The summed E-state index contributed by atoms with van der Waals surface area (Å²) in [4.78, 5) is 6.59. The van der Waals surface area contributed by atoms with Crippen LogP contribution in [0.4, 0.5) is 4.39 Å². The van der Waals surface area contributed by atoms with Crippen molar-refractivity contribution in [2.45, 2.75) is 12.8 Å². The number of guanidine groups is 1. The van der Waals surface area contributed by atoms with Crippen molar-refractivity contribution in [2.75, 3.05) is 53.0 Å². The Kier molecular flexibility index (Phi) is 8.49. The average Bonchev–Trinajstić information content (AvgIpc) is 2.59. The zero-order chi connectivity index (χ0) is 17.2. The molecule has 7 heteroatoms. The third-order valence-electron chi connectivity index (χ3n) is 3.98. The summed E-state index contributed by atoms with van der Waals surface area (Å²) in [7, 11) is 1.76. The van der Waals surface area contributed by atoms with E-state index in [2.05, 4.69) is 36.5 Å². The molecule has 1 saturated heterocycles. The van der Waals surface area contributed by atoms with Gasteiger partial charge in [-0.05, 0) is 30.5 Å². The number of benzene rings is 1. The van der Waals surface area contributed by atoms with Crippen LogP contribution in [0.2, 0.25) is 0 Å². The van der Waals surface area contributed by atoms with Crippen molar-refractivity contribution < 1.29 is 9.13 Å². The molecule has 1 aromatic rings. The Morgan fingerprint density at radius 2 is 2.04 bits per heavy atom. The number of rotatable bonds is 7. The maximum atomic E-state index is 13.7. The lowest BCUT2D eigenvalue weighted by atomic mass is 10.1. The number of ether oxygens (including phenoxy) is 1. The summed E-state index contributed by atoms with van der Waals surface area (Å²) < 4.78 is 19.9. The first kappa shape index (κ1) is 19.1. The van der Waals surface area contributed by atoms with E-state index in [1.54, 1.807) is 7.05 Å². The smallest absolute Gasteiger partial charge is 0.191 e. The van der Waals surface area contributed by atoms with Crippen LogP contribution in [0, 0.1) is 5.82 Å². The third-order valence-corrected chi connectivity index (χ3v) is 4.47. The molecule has 2 N–H and O–H groups in total. The van der Waals surface area contributed by atoms with Crippen LogP contribution in [0.3, 0.4) is 0 Å². The first-order valence-electron chi connectivity index (χ1n) is 8.37. The van der Waals surface area contributed by atoms with Gasteiger partial charge in [-0.15, -0.1) is 0 Å². The molecule has 1 heterocycles. The predicted molar refractivity (Wildman–Crippen MR) is 99.0 cm³/mol. The molecule has 134 valence electrons. The molecule has 0 aromatic heterocycles. The van der Waals surface area contributed by atoms with Gasteiger partial charge in [-0.1, -0.05) is 22.0 Å². The van der Waals surface area contributed by atoms with Gasteiger partial charge in [0.1, 0.15) is 5.82 Å². The van der Waals surface area contributed by atoms with Crippen molar-refractivity contribution in [3.05, 3.63) is 34.1 Å². The molecule has 0 unspecified atom stereocenters. The highest BCUT2D eigenvalue weighted by Crippen LogP contribution is 2.16. The molecule has 0 atom stereocenters. The molecule has 0 bridgehead atoms. The highest BCUT2D eigenvalue weighted by atomic mass is 79.9. The van der Waals surface area contributed by atoms with Crippen LogP contribution >= 0.6 is 15.9 Å². The van der Waals surface area contributed by atoms with Crippen molar-refractivity contribution >= 4 is 21.9 Å². The Morgan fingerprint density at radius 1 is 1.29 bits per heavy atom. The summed E-state index contributed by atoms with van der Waals surface area (Å²) in [5.41, 5.74) is 0.746. The van der Waals surface area contributed by atoms with Crippen LogP contribution in [-0.4, -0.2) is 63.8 Å². The third kappa shape index (κ3) is 6.75. The van der Waals surface area contributed by atoms with Gasteiger partial charge in [0.15, 0.2) is 5.96 Å². The van der Waals surface area contributed by atoms with E-state index in [-0.39, 0.29) is 5.82 Å². The topological polar surface area (TPSA) is 48.9 Å². The summed E-state index contributed by atoms with van der Waals surface area (Å²) in [6, 6.07) is 5.21. The Bertz CT molecular complexity index is 535. The van der Waals surface area contributed by atoms with Crippen LogP contribution in [0.1, 0.15) is 12.0 Å². The molecule has 24 heavy (non-hydrogen) atoms. The SMILES string of the molecule is CN=C(NCCCc1ccc(Br)cc1F)NCCN1CCOCC1. The molecule has 5 nitrogen and oxygen atoms in total. The fraction of sp³-hybridized carbons (Fsp3) is 0.588. The number of aryl methyl sites for hydroxylation is 1. The maximum absolute atomic E-state index is 13.7. The zero-order valence-corrected chi connectivity index (χ0v) is 15.7. The summed E-state index contributed by atoms with van der Waals surface area (Å²) in [5, 5.41) is 6.58. The lowest BCUT2D eigenvalue weighted by Gasteiger charge is -2.26. The van der Waals surface area contributed by atoms with Gasteiger partial charge in [-0.25, -0.2) is 4.39 Å². The highest BCUT2D eigenvalue weighted by molar-refractivity contribution is 9.10. The van der Waals surface area contributed by atoms with Gasteiger partial charge in [0.2, 0.25) is 0 Å². The van der Waals surface area contributed by atoms with Crippen molar-refractivity contribution in [1.82, 2.24) is 15.5 Å². The molecule has 0 saturated carbocycles. The minimum absolute atomic E-state index is 0.155. The number of aliphatic imine (C=N–C) groups is 1.